The maximum absolute atomic E-state index is 13.2. The van der Waals surface area contributed by atoms with E-state index in [0.29, 0.717) is 0 Å². The van der Waals surface area contributed by atoms with Gasteiger partial charge in [0, 0.05) is 0 Å². The zero-order valence-corrected chi connectivity index (χ0v) is 24.8. The number of nitrogens with one attached hydrogen (secondary N) is 4. The van der Waals surface area contributed by atoms with Crippen LogP contribution in [-0.2, 0) is 27.7 Å². The molecule has 0 spiro atoms. The summed E-state index contributed by atoms with van der Waals surface area (Å²) in [5.41, 5.74) is 9.51. The molecule has 0 aliphatic carbocycles. The normalized spacial score (nSPS) is 37.1. The van der Waals surface area contributed by atoms with Crippen LogP contribution in [0.5, 0.6) is 0 Å². The molecule has 3 aliphatic rings. The number of nitrogen functional groups attached to an aromatic ring is 2. The number of aromatic amines is 2. The van der Waals surface area contributed by atoms with Crippen molar-refractivity contribution in [3.63, 3.8) is 0 Å². The Morgan fingerprint density at radius 3 is 1.54 bits per heavy atom. The van der Waals surface area contributed by atoms with Gasteiger partial charge in [0.2, 0.25) is 11.9 Å². The Morgan fingerprint density at radius 1 is 0.761 bits per heavy atom. The maximum atomic E-state index is 13.2. The summed E-state index contributed by atoms with van der Waals surface area (Å²) in [6.07, 6.45) is -6.61. The van der Waals surface area contributed by atoms with Crippen molar-refractivity contribution in [2.45, 2.75) is 49.0 Å². The molecule has 248 valence electrons. The van der Waals surface area contributed by atoms with Crippen molar-refractivity contribution in [1.82, 2.24) is 49.2 Å². The van der Waals surface area contributed by atoms with Gasteiger partial charge in [-0.1, -0.05) is 0 Å². The monoisotopic (exact) mass is 688 g/mol. The first kappa shape index (κ1) is 31.0. The van der Waals surface area contributed by atoms with E-state index in [1.165, 1.54) is 0 Å². The van der Waals surface area contributed by atoms with Crippen LogP contribution < -0.4 is 32.8 Å². The van der Waals surface area contributed by atoms with Crippen LogP contribution in [0, 0.1) is 0 Å². The number of hydrogen-bond donors (Lipinski definition) is 10. The van der Waals surface area contributed by atoms with Gasteiger partial charge in [0.05, 0.1) is 38.0 Å². The molecule has 24 nitrogen and oxygen atoms in total. The van der Waals surface area contributed by atoms with Gasteiger partial charge in [-0.2, -0.15) is 9.97 Å². The first-order valence-corrected chi connectivity index (χ1v) is 16.5. The number of ether oxygens (including phenoxy) is 2. The van der Waals surface area contributed by atoms with Crippen molar-refractivity contribution in [3.8, 4) is 0 Å². The number of aliphatic hydroxyl groups excluding tert-OH is 2. The first-order valence-electron chi connectivity index (χ1n) is 13.3. The molecule has 4 unspecified atom stereocenters. The summed E-state index contributed by atoms with van der Waals surface area (Å²) in [5, 5.41) is 26.9. The molecule has 10 atom stereocenters. The van der Waals surface area contributed by atoms with Gasteiger partial charge in [0.15, 0.2) is 34.8 Å². The Balaban J connectivity index is 1.18. The molecule has 3 fully saturated rings. The van der Waals surface area contributed by atoms with Crippen LogP contribution >= 0.6 is 15.5 Å². The summed E-state index contributed by atoms with van der Waals surface area (Å²) in [6.45, 7) is -1.49. The molecule has 7 rings (SSSR count). The highest BCUT2D eigenvalue weighted by molar-refractivity contribution is 7.50. The highest BCUT2D eigenvalue weighted by atomic mass is 31.2. The fourth-order valence-corrected chi connectivity index (χ4v) is 7.85. The van der Waals surface area contributed by atoms with Crippen molar-refractivity contribution >= 4 is 49.7 Å². The summed E-state index contributed by atoms with van der Waals surface area (Å²) in [5.74, 6) is -0.513. The van der Waals surface area contributed by atoms with Gasteiger partial charge in [0.25, 0.3) is 11.1 Å². The molecule has 0 aromatic carbocycles. The third-order valence-electron chi connectivity index (χ3n) is 7.65. The largest absolute Gasteiger partial charge is 0.403 e. The number of aromatic nitrogens is 8. The van der Waals surface area contributed by atoms with Gasteiger partial charge in [-0.3, -0.25) is 37.7 Å². The quantitative estimate of drug-likeness (QED) is 0.0899. The Bertz CT molecular complexity index is 1900. The molecule has 26 heteroatoms. The number of fused-ring (bicyclic) bond motifs is 4. The number of rotatable bonds is 2. The molecule has 0 bridgehead atoms. The van der Waals surface area contributed by atoms with E-state index in [2.05, 4.69) is 40.1 Å². The molecule has 0 amide bonds. The number of anilines is 2. The van der Waals surface area contributed by atoms with Gasteiger partial charge in [0.1, 0.15) is 24.4 Å². The van der Waals surface area contributed by atoms with Crippen LogP contribution in [0.3, 0.4) is 0 Å². The number of imidazole rings is 2. The average molecular weight is 688 g/mol. The molecular weight excluding hydrogens is 662 g/mol. The minimum atomic E-state index is -4.82. The van der Waals surface area contributed by atoms with Crippen LogP contribution in [-0.4, -0.2) is 109 Å². The standard InChI is InChI=1S/C20H26N12O12P2/c21-19-25-13-9(15(35)27-19)23-3-31(13)17-11(33)7-5(43-17)1-41-45(37,38)30-8-6(2-42-46(39,40)29-7)44-18(12(8)34)32-4-24-10-14(32)26-20(22)28-16(10)36/h3-8,11-12,17-18,33-34H,1-2H2,(H2,29,39,40)(H2,30,37,38)(H3,21,25,27,35)(H3,22,26,28,36)/t5-,6-,7+,8?,11?,12+,17-,18-/m1/s1. The molecule has 0 radical (unpaired) electrons. The number of nitrogens with two attached hydrogens (primary N) is 2. The second-order valence-electron chi connectivity index (χ2n) is 10.6. The Labute approximate surface area is 253 Å². The van der Waals surface area contributed by atoms with Crippen molar-refractivity contribution in [1.29, 1.82) is 0 Å². The molecule has 7 heterocycles. The molecule has 46 heavy (non-hydrogen) atoms. The fourth-order valence-electron chi connectivity index (χ4n) is 5.61. The molecule has 0 saturated carbocycles. The van der Waals surface area contributed by atoms with E-state index in [0.717, 1.165) is 21.8 Å². The number of nitrogens with zero attached hydrogens (tertiary/aromatic N) is 6. The number of aliphatic hydroxyl groups is 2. The van der Waals surface area contributed by atoms with Crippen LogP contribution in [0.15, 0.2) is 22.2 Å². The van der Waals surface area contributed by atoms with E-state index in [4.69, 9.17) is 30.0 Å². The third-order valence-corrected chi connectivity index (χ3v) is 9.90. The minimum Gasteiger partial charge on any atom is -0.387 e. The van der Waals surface area contributed by atoms with Gasteiger partial charge in [-0.25, -0.2) is 29.3 Å². The van der Waals surface area contributed by atoms with E-state index in [1.54, 1.807) is 0 Å². The molecule has 3 saturated heterocycles. The lowest BCUT2D eigenvalue weighted by atomic mass is 10.1. The van der Waals surface area contributed by atoms with Crippen LogP contribution in [0.1, 0.15) is 12.5 Å². The van der Waals surface area contributed by atoms with Crippen LogP contribution in [0.4, 0.5) is 11.9 Å². The zero-order chi connectivity index (χ0) is 32.7. The van der Waals surface area contributed by atoms with Gasteiger partial charge >= 0.3 is 15.5 Å². The number of hydrogen-bond acceptors (Lipinski definition) is 16. The minimum absolute atomic E-state index is 0.0804. The highest BCUT2D eigenvalue weighted by Crippen LogP contribution is 2.47. The smallest absolute Gasteiger partial charge is 0.387 e. The molecule has 4 aromatic heterocycles. The summed E-state index contributed by atoms with van der Waals surface area (Å²) in [7, 11) is -9.64. The summed E-state index contributed by atoms with van der Waals surface area (Å²) < 4.78 is 50.9. The molecular formula is C20H26N12O12P2. The van der Waals surface area contributed by atoms with Crippen molar-refractivity contribution in [2.24, 2.45) is 0 Å². The van der Waals surface area contributed by atoms with Gasteiger partial charge in [-0.15, -0.1) is 0 Å². The van der Waals surface area contributed by atoms with Gasteiger partial charge < -0.3 is 40.9 Å². The Morgan fingerprint density at radius 2 is 1.15 bits per heavy atom. The van der Waals surface area contributed by atoms with E-state index in [9.17, 15) is 38.7 Å². The first-order chi connectivity index (χ1) is 21.7. The fraction of sp³-hybridized carbons (Fsp3) is 0.500. The average Bonchev–Trinajstić information content (AvgIpc) is 3.72. The molecule has 4 aromatic rings. The predicted octanol–water partition coefficient (Wildman–Crippen LogP) is -3.90. The van der Waals surface area contributed by atoms with Gasteiger partial charge in [-0.05, 0) is 0 Å². The molecule has 12 N–H and O–H groups in total. The second-order valence-corrected chi connectivity index (χ2v) is 13.7. The van der Waals surface area contributed by atoms with E-state index >= 15 is 0 Å². The Hall–Kier alpha value is -3.64. The SMILES string of the molecule is Nc1nc2c(ncn2[C@@H]2O[C@@H]3COP(=O)(O)NC4[C@@H](COP(=O)(O)N[C@@H]3C2O)O[C@@H](n2cnc3c(=O)[nH]c(N)nc32)[C@H]4O)c(=O)[nH]1. The van der Waals surface area contributed by atoms with E-state index in [-0.39, 0.29) is 34.2 Å². The van der Waals surface area contributed by atoms with Crippen LogP contribution in [0.2, 0.25) is 0 Å². The topological polar surface area (TPSA) is 355 Å². The molecule has 3 aliphatic heterocycles. The van der Waals surface area contributed by atoms with Crippen LogP contribution in [0.25, 0.3) is 22.3 Å². The zero-order valence-electron chi connectivity index (χ0n) is 23.0. The summed E-state index contributed by atoms with van der Waals surface area (Å²) >= 11 is 0. The second kappa shape index (κ2) is 11.0. The Kier molecular flexibility index (Phi) is 7.39. The summed E-state index contributed by atoms with van der Waals surface area (Å²) in [6, 6.07) is -2.91. The third kappa shape index (κ3) is 5.33. The predicted molar refractivity (Wildman–Crippen MR) is 150 cm³/mol. The van der Waals surface area contributed by atoms with E-state index < -0.39 is 88.8 Å². The summed E-state index contributed by atoms with van der Waals surface area (Å²) in [4.78, 5) is 66.4. The lowest BCUT2D eigenvalue weighted by Crippen LogP contribution is -2.48. The maximum Gasteiger partial charge on any atom is 0.403 e. The van der Waals surface area contributed by atoms with E-state index in [1.807, 2.05) is 0 Å². The lowest BCUT2D eigenvalue weighted by Gasteiger charge is -2.29. The van der Waals surface area contributed by atoms with Crippen molar-refractivity contribution < 1.29 is 47.7 Å². The highest BCUT2D eigenvalue weighted by Gasteiger charge is 2.52. The lowest BCUT2D eigenvalue weighted by molar-refractivity contribution is -0.0483. The van der Waals surface area contributed by atoms with Crippen molar-refractivity contribution in [2.75, 3.05) is 24.7 Å². The number of H-pyrrole nitrogens is 2. The van der Waals surface area contributed by atoms with Crippen molar-refractivity contribution in [3.05, 3.63) is 33.4 Å².